The van der Waals surface area contributed by atoms with Crippen LogP contribution in [0.25, 0.3) is 0 Å². The number of hydrazone groups is 1. The molecule has 0 spiro atoms. The molecule has 1 heterocycles. The minimum absolute atomic E-state index is 0.348. The van der Waals surface area contributed by atoms with Gasteiger partial charge >= 0.3 is 0 Å². The van der Waals surface area contributed by atoms with Gasteiger partial charge in [-0.1, -0.05) is 109 Å². The Morgan fingerprint density at radius 3 is 1.52 bits per heavy atom. The molecule has 1 aliphatic rings. The van der Waals surface area contributed by atoms with Crippen molar-refractivity contribution in [3.8, 4) is 0 Å². The zero-order valence-corrected chi connectivity index (χ0v) is 16.1. The van der Waals surface area contributed by atoms with Gasteiger partial charge in [-0.25, -0.2) is 0 Å². The van der Waals surface area contributed by atoms with E-state index in [1.165, 1.54) is 11.1 Å². The molecule has 0 saturated carbocycles. The molecule has 2 nitrogen and oxygen atoms in total. The maximum atomic E-state index is 5.18. The van der Waals surface area contributed by atoms with Gasteiger partial charge in [0.2, 0.25) is 0 Å². The van der Waals surface area contributed by atoms with Gasteiger partial charge in [0, 0.05) is 0 Å². The largest absolute Gasteiger partial charge is 0.264 e. The Hall–Kier alpha value is -3.65. The normalized spacial score (nSPS) is 15.2. The van der Waals surface area contributed by atoms with Crippen LogP contribution in [0.3, 0.4) is 0 Å². The van der Waals surface area contributed by atoms with Gasteiger partial charge in [0.1, 0.15) is 0 Å². The Balaban J connectivity index is 1.77. The summed E-state index contributed by atoms with van der Waals surface area (Å²) in [5.41, 5.74) is 5.51. The number of benzene rings is 4. The highest BCUT2D eigenvalue weighted by Crippen LogP contribution is 2.42. The van der Waals surface area contributed by atoms with Crippen LogP contribution in [0.2, 0.25) is 0 Å². The predicted molar refractivity (Wildman–Crippen MR) is 120 cm³/mol. The van der Waals surface area contributed by atoms with Crippen LogP contribution in [0.5, 0.6) is 0 Å². The van der Waals surface area contributed by atoms with Crippen LogP contribution in [-0.2, 0) is 5.41 Å². The van der Waals surface area contributed by atoms with E-state index in [-0.39, 0.29) is 5.41 Å². The van der Waals surface area contributed by atoms with Crippen LogP contribution in [0, 0.1) is 0 Å². The van der Waals surface area contributed by atoms with Gasteiger partial charge in [-0.3, -0.25) is 5.01 Å². The van der Waals surface area contributed by atoms with Crippen molar-refractivity contribution < 1.29 is 0 Å². The summed E-state index contributed by atoms with van der Waals surface area (Å²) in [5.74, 6) is 0. The summed E-state index contributed by atoms with van der Waals surface area (Å²) in [6.45, 7) is 0.759. The third kappa shape index (κ3) is 3.03. The second-order valence-corrected chi connectivity index (χ2v) is 7.35. The number of rotatable bonds is 4. The quantitative estimate of drug-likeness (QED) is 0.434. The van der Waals surface area contributed by atoms with Crippen molar-refractivity contribution in [2.24, 2.45) is 5.10 Å². The van der Waals surface area contributed by atoms with Crippen LogP contribution in [-0.4, -0.2) is 12.3 Å². The molecule has 0 unspecified atom stereocenters. The first-order valence-corrected chi connectivity index (χ1v) is 9.96. The van der Waals surface area contributed by atoms with Crippen LogP contribution >= 0.6 is 0 Å². The summed E-state index contributed by atoms with van der Waals surface area (Å²) in [4.78, 5) is 0. The van der Waals surface area contributed by atoms with Crippen molar-refractivity contribution in [2.45, 2.75) is 5.41 Å². The van der Waals surface area contributed by atoms with Gasteiger partial charge < -0.3 is 0 Å². The fraction of sp³-hybridized carbons (Fsp3) is 0.0741. The molecule has 29 heavy (non-hydrogen) atoms. The highest BCUT2D eigenvalue weighted by Gasteiger charge is 2.46. The number of anilines is 1. The standard InChI is InChI=1S/C27H22N2/c1-5-13-22(14-6-1)26-27(23-15-7-2-8-16-23,24-17-9-3-10-18-24)21-29(28-26)25-19-11-4-12-20-25/h1-20H,21H2. The molecule has 0 amide bonds. The van der Waals surface area contributed by atoms with Gasteiger partial charge in [0.25, 0.3) is 0 Å². The van der Waals surface area contributed by atoms with Crippen molar-refractivity contribution in [1.29, 1.82) is 0 Å². The van der Waals surface area contributed by atoms with Crippen LogP contribution in [0.1, 0.15) is 16.7 Å². The molecular weight excluding hydrogens is 352 g/mol. The first-order valence-electron chi connectivity index (χ1n) is 9.96. The van der Waals surface area contributed by atoms with E-state index < -0.39 is 0 Å². The predicted octanol–water partition coefficient (Wildman–Crippen LogP) is 5.90. The summed E-state index contributed by atoms with van der Waals surface area (Å²) in [7, 11) is 0. The van der Waals surface area contributed by atoms with Crippen molar-refractivity contribution in [3.05, 3.63) is 138 Å². The third-order valence-electron chi connectivity index (χ3n) is 5.65. The molecule has 0 atom stereocenters. The molecule has 1 aliphatic heterocycles. The Kier molecular flexibility index (Phi) is 4.45. The van der Waals surface area contributed by atoms with Gasteiger partial charge in [0.15, 0.2) is 0 Å². The Labute approximate surface area is 171 Å². The molecule has 4 aromatic rings. The number of nitrogens with zero attached hydrogens (tertiary/aromatic N) is 2. The van der Waals surface area contributed by atoms with Crippen LogP contribution in [0.15, 0.2) is 126 Å². The van der Waals surface area contributed by atoms with E-state index in [4.69, 9.17) is 5.10 Å². The lowest BCUT2D eigenvalue weighted by Crippen LogP contribution is -2.40. The molecule has 2 heteroatoms. The van der Waals surface area contributed by atoms with E-state index >= 15 is 0 Å². The van der Waals surface area contributed by atoms with Gasteiger partial charge in [-0.2, -0.15) is 5.10 Å². The smallest absolute Gasteiger partial charge is 0.0850 e. The van der Waals surface area contributed by atoms with Crippen LogP contribution in [0.4, 0.5) is 5.69 Å². The average Bonchev–Trinajstić information content (AvgIpc) is 3.23. The first kappa shape index (κ1) is 17.4. The average molecular weight is 374 g/mol. The topological polar surface area (TPSA) is 15.6 Å². The fourth-order valence-electron chi connectivity index (χ4n) is 4.26. The van der Waals surface area contributed by atoms with E-state index in [9.17, 15) is 0 Å². The highest BCUT2D eigenvalue weighted by atomic mass is 15.5. The lowest BCUT2D eigenvalue weighted by molar-refractivity contribution is 0.702. The second-order valence-electron chi connectivity index (χ2n) is 7.35. The number of hydrogen-bond donors (Lipinski definition) is 0. The van der Waals surface area contributed by atoms with Crippen molar-refractivity contribution in [3.63, 3.8) is 0 Å². The minimum Gasteiger partial charge on any atom is -0.264 e. The van der Waals surface area contributed by atoms with E-state index in [2.05, 4.69) is 120 Å². The summed E-state index contributed by atoms with van der Waals surface area (Å²) in [5, 5.41) is 7.33. The van der Waals surface area contributed by atoms with E-state index in [0.717, 1.165) is 23.5 Å². The van der Waals surface area contributed by atoms with E-state index in [1.54, 1.807) is 0 Å². The van der Waals surface area contributed by atoms with Crippen molar-refractivity contribution >= 4 is 11.4 Å². The van der Waals surface area contributed by atoms with Crippen LogP contribution < -0.4 is 5.01 Å². The zero-order chi connectivity index (χ0) is 19.5. The third-order valence-corrected chi connectivity index (χ3v) is 5.65. The molecule has 140 valence electrons. The summed E-state index contributed by atoms with van der Waals surface area (Å²) >= 11 is 0. The zero-order valence-electron chi connectivity index (χ0n) is 16.1. The van der Waals surface area contributed by atoms with E-state index in [1.807, 2.05) is 6.07 Å². The molecule has 0 saturated heterocycles. The number of hydrogen-bond acceptors (Lipinski definition) is 2. The Morgan fingerprint density at radius 1 is 0.552 bits per heavy atom. The molecule has 0 aromatic heterocycles. The maximum absolute atomic E-state index is 5.18. The number of para-hydroxylation sites is 1. The Morgan fingerprint density at radius 2 is 1.00 bits per heavy atom. The summed E-state index contributed by atoms with van der Waals surface area (Å²) in [6, 6.07) is 42.5. The Bertz CT molecular complexity index is 1060. The molecule has 0 N–H and O–H groups in total. The van der Waals surface area contributed by atoms with Gasteiger partial charge in [-0.05, 0) is 28.8 Å². The minimum atomic E-state index is -0.348. The molecule has 0 fully saturated rings. The molecule has 4 aromatic carbocycles. The SMILES string of the molecule is c1ccc(C2=NN(c3ccccc3)CC2(c2ccccc2)c2ccccc2)cc1. The van der Waals surface area contributed by atoms with Gasteiger partial charge in [0.05, 0.1) is 23.4 Å². The first-order chi connectivity index (χ1) is 14.4. The fourth-order valence-corrected chi connectivity index (χ4v) is 4.26. The molecular formula is C27H22N2. The molecule has 0 radical (unpaired) electrons. The summed E-state index contributed by atoms with van der Waals surface area (Å²) < 4.78 is 0. The monoisotopic (exact) mass is 374 g/mol. The molecule has 0 bridgehead atoms. The van der Waals surface area contributed by atoms with Crippen molar-refractivity contribution in [2.75, 3.05) is 11.6 Å². The summed E-state index contributed by atoms with van der Waals surface area (Å²) in [6.07, 6.45) is 0. The van der Waals surface area contributed by atoms with Gasteiger partial charge in [-0.15, -0.1) is 0 Å². The molecule has 0 aliphatic carbocycles. The van der Waals surface area contributed by atoms with Crippen molar-refractivity contribution in [1.82, 2.24) is 0 Å². The van der Waals surface area contributed by atoms with E-state index in [0.29, 0.717) is 0 Å². The second kappa shape index (κ2) is 7.40. The maximum Gasteiger partial charge on any atom is 0.0850 e. The molecule has 5 rings (SSSR count). The lowest BCUT2D eigenvalue weighted by Gasteiger charge is -2.32. The highest BCUT2D eigenvalue weighted by molar-refractivity contribution is 6.12. The lowest BCUT2D eigenvalue weighted by atomic mass is 9.69.